The highest BCUT2D eigenvalue weighted by atomic mass is 16.5. The summed E-state index contributed by atoms with van der Waals surface area (Å²) < 4.78 is 5.81. The predicted octanol–water partition coefficient (Wildman–Crippen LogP) is 1.28. The third kappa shape index (κ3) is 1.76. The summed E-state index contributed by atoms with van der Waals surface area (Å²) in [6.07, 6.45) is 1.15. The Balaban J connectivity index is 1.67. The first-order chi connectivity index (χ1) is 7.83. The van der Waals surface area contributed by atoms with Crippen LogP contribution in [0.4, 0.5) is 5.69 Å². The Bertz CT molecular complexity index is 388. The van der Waals surface area contributed by atoms with Crippen molar-refractivity contribution in [2.45, 2.75) is 6.42 Å². The fourth-order valence-corrected chi connectivity index (χ4v) is 2.31. The lowest BCUT2D eigenvalue weighted by Gasteiger charge is -2.26. The molecule has 0 saturated carbocycles. The van der Waals surface area contributed by atoms with Crippen molar-refractivity contribution in [3.63, 3.8) is 0 Å². The number of benzene rings is 1. The molecule has 3 rings (SSSR count). The number of anilines is 1. The van der Waals surface area contributed by atoms with Crippen LogP contribution in [0, 0.1) is 5.92 Å². The standard InChI is InChI=1S/C13H18N2O/c1-15-5-4-11-6-12(2-3-13(11)15)16-9-10-7-14-8-10/h2-3,6,10,14H,4-5,7-9H2,1H3. The van der Waals surface area contributed by atoms with Crippen LogP contribution in [-0.4, -0.2) is 33.3 Å². The van der Waals surface area contributed by atoms with Gasteiger partial charge in [0.1, 0.15) is 5.75 Å². The number of nitrogens with zero attached hydrogens (tertiary/aromatic N) is 1. The molecule has 1 saturated heterocycles. The number of likely N-dealkylation sites (N-methyl/N-ethyl adjacent to an activating group) is 1. The number of nitrogens with one attached hydrogen (secondary N) is 1. The number of hydrogen-bond donors (Lipinski definition) is 1. The van der Waals surface area contributed by atoms with E-state index in [0.717, 1.165) is 38.4 Å². The zero-order valence-electron chi connectivity index (χ0n) is 9.70. The highest BCUT2D eigenvalue weighted by molar-refractivity contribution is 5.59. The van der Waals surface area contributed by atoms with Gasteiger partial charge < -0.3 is 15.0 Å². The van der Waals surface area contributed by atoms with Crippen LogP contribution in [0.25, 0.3) is 0 Å². The van der Waals surface area contributed by atoms with Gasteiger partial charge in [-0.15, -0.1) is 0 Å². The molecular formula is C13H18N2O. The van der Waals surface area contributed by atoms with Gasteiger partial charge in [0.25, 0.3) is 0 Å². The number of ether oxygens (including phenoxy) is 1. The molecule has 86 valence electrons. The van der Waals surface area contributed by atoms with E-state index in [1.54, 1.807) is 0 Å². The van der Waals surface area contributed by atoms with Gasteiger partial charge in [-0.05, 0) is 30.2 Å². The minimum absolute atomic E-state index is 0.705. The molecule has 0 atom stereocenters. The molecule has 0 unspecified atom stereocenters. The highest BCUT2D eigenvalue weighted by Crippen LogP contribution is 2.30. The van der Waals surface area contributed by atoms with Crippen LogP contribution in [0.3, 0.4) is 0 Å². The third-order valence-electron chi connectivity index (χ3n) is 3.53. The molecule has 2 heterocycles. The summed E-state index contributed by atoms with van der Waals surface area (Å²) in [4.78, 5) is 2.30. The van der Waals surface area contributed by atoms with E-state index in [1.165, 1.54) is 11.3 Å². The SMILES string of the molecule is CN1CCc2cc(OCC3CNC3)ccc21. The van der Waals surface area contributed by atoms with Crippen LogP contribution >= 0.6 is 0 Å². The van der Waals surface area contributed by atoms with Crippen LogP contribution in [0.5, 0.6) is 5.75 Å². The van der Waals surface area contributed by atoms with Crippen molar-refractivity contribution in [2.24, 2.45) is 5.92 Å². The maximum absolute atomic E-state index is 5.81. The van der Waals surface area contributed by atoms with E-state index in [2.05, 4.69) is 35.5 Å². The second-order valence-corrected chi connectivity index (χ2v) is 4.80. The normalized spacial score (nSPS) is 19.4. The van der Waals surface area contributed by atoms with E-state index < -0.39 is 0 Å². The smallest absolute Gasteiger partial charge is 0.119 e. The quantitative estimate of drug-likeness (QED) is 0.827. The van der Waals surface area contributed by atoms with Gasteiger partial charge in [-0.2, -0.15) is 0 Å². The predicted molar refractivity (Wildman–Crippen MR) is 65.3 cm³/mol. The van der Waals surface area contributed by atoms with Crippen LogP contribution in [0.1, 0.15) is 5.56 Å². The Hall–Kier alpha value is -1.22. The molecule has 0 radical (unpaired) electrons. The van der Waals surface area contributed by atoms with Crippen molar-refractivity contribution < 1.29 is 4.74 Å². The Morgan fingerprint density at radius 3 is 3.06 bits per heavy atom. The largest absolute Gasteiger partial charge is 0.493 e. The fraction of sp³-hybridized carbons (Fsp3) is 0.538. The lowest BCUT2D eigenvalue weighted by atomic mass is 10.1. The molecule has 0 spiro atoms. The zero-order chi connectivity index (χ0) is 11.0. The highest BCUT2D eigenvalue weighted by Gasteiger charge is 2.19. The maximum atomic E-state index is 5.81. The van der Waals surface area contributed by atoms with Gasteiger partial charge in [0, 0.05) is 38.3 Å². The molecule has 2 aliphatic heterocycles. The van der Waals surface area contributed by atoms with Gasteiger partial charge >= 0.3 is 0 Å². The van der Waals surface area contributed by atoms with Gasteiger partial charge in [-0.3, -0.25) is 0 Å². The average Bonchev–Trinajstić information content (AvgIpc) is 2.58. The van der Waals surface area contributed by atoms with Crippen molar-refractivity contribution >= 4 is 5.69 Å². The molecule has 0 aromatic heterocycles. The van der Waals surface area contributed by atoms with Crippen molar-refractivity contribution in [3.8, 4) is 5.75 Å². The van der Waals surface area contributed by atoms with Gasteiger partial charge in [-0.25, -0.2) is 0 Å². The second-order valence-electron chi connectivity index (χ2n) is 4.80. The Labute approximate surface area is 96.4 Å². The minimum atomic E-state index is 0.705. The van der Waals surface area contributed by atoms with E-state index in [-0.39, 0.29) is 0 Å². The molecule has 3 heteroatoms. The average molecular weight is 218 g/mol. The minimum Gasteiger partial charge on any atom is -0.493 e. The lowest BCUT2D eigenvalue weighted by molar-refractivity contribution is 0.199. The van der Waals surface area contributed by atoms with Gasteiger partial charge in [0.05, 0.1) is 6.61 Å². The molecule has 1 aromatic rings. The van der Waals surface area contributed by atoms with Crippen molar-refractivity contribution in [3.05, 3.63) is 23.8 Å². The second kappa shape index (κ2) is 3.98. The summed E-state index contributed by atoms with van der Waals surface area (Å²) in [5.41, 5.74) is 2.78. The van der Waals surface area contributed by atoms with Crippen molar-refractivity contribution in [1.29, 1.82) is 0 Å². The van der Waals surface area contributed by atoms with E-state index >= 15 is 0 Å². The van der Waals surface area contributed by atoms with Gasteiger partial charge in [0.2, 0.25) is 0 Å². The molecule has 1 N–H and O–H groups in total. The molecule has 2 aliphatic rings. The molecule has 16 heavy (non-hydrogen) atoms. The summed E-state index contributed by atoms with van der Waals surface area (Å²) in [7, 11) is 2.15. The van der Waals surface area contributed by atoms with E-state index in [0.29, 0.717) is 5.92 Å². The topological polar surface area (TPSA) is 24.5 Å². The van der Waals surface area contributed by atoms with E-state index in [4.69, 9.17) is 4.74 Å². The number of rotatable bonds is 3. The summed E-state index contributed by atoms with van der Waals surface area (Å²) in [6, 6.07) is 6.47. The molecule has 1 aromatic carbocycles. The molecule has 3 nitrogen and oxygen atoms in total. The lowest BCUT2D eigenvalue weighted by Crippen LogP contribution is -2.45. The molecule has 0 amide bonds. The first-order valence-electron chi connectivity index (χ1n) is 6.00. The monoisotopic (exact) mass is 218 g/mol. The Kier molecular flexibility index (Phi) is 2.48. The Morgan fingerprint density at radius 2 is 2.31 bits per heavy atom. The van der Waals surface area contributed by atoms with Crippen molar-refractivity contribution in [2.75, 3.05) is 38.2 Å². The van der Waals surface area contributed by atoms with Gasteiger partial charge in [-0.1, -0.05) is 0 Å². The van der Waals surface area contributed by atoms with Crippen molar-refractivity contribution in [1.82, 2.24) is 5.32 Å². The zero-order valence-corrected chi connectivity index (χ0v) is 9.70. The Morgan fingerprint density at radius 1 is 1.44 bits per heavy atom. The summed E-state index contributed by atoms with van der Waals surface area (Å²) >= 11 is 0. The van der Waals surface area contributed by atoms with E-state index in [1.807, 2.05) is 0 Å². The van der Waals surface area contributed by atoms with Crippen LogP contribution in [0.2, 0.25) is 0 Å². The van der Waals surface area contributed by atoms with Crippen LogP contribution < -0.4 is 15.0 Å². The maximum Gasteiger partial charge on any atom is 0.119 e. The molecule has 0 aliphatic carbocycles. The number of hydrogen-bond acceptors (Lipinski definition) is 3. The first-order valence-corrected chi connectivity index (χ1v) is 6.00. The summed E-state index contributed by atoms with van der Waals surface area (Å²) in [5, 5.41) is 3.26. The summed E-state index contributed by atoms with van der Waals surface area (Å²) in [6.45, 7) is 4.19. The third-order valence-corrected chi connectivity index (χ3v) is 3.53. The molecular weight excluding hydrogens is 200 g/mol. The van der Waals surface area contributed by atoms with E-state index in [9.17, 15) is 0 Å². The summed E-state index contributed by atoms with van der Waals surface area (Å²) in [5.74, 6) is 1.73. The van der Waals surface area contributed by atoms with Gasteiger partial charge in [0.15, 0.2) is 0 Å². The number of fused-ring (bicyclic) bond motifs is 1. The van der Waals surface area contributed by atoms with Crippen LogP contribution in [-0.2, 0) is 6.42 Å². The first kappa shape index (κ1) is 9.97. The van der Waals surface area contributed by atoms with Crippen LogP contribution in [0.15, 0.2) is 18.2 Å². The fourth-order valence-electron chi connectivity index (χ4n) is 2.31. The molecule has 0 bridgehead atoms. The molecule has 1 fully saturated rings.